The van der Waals surface area contributed by atoms with Crippen molar-refractivity contribution in [2.45, 2.75) is 46.1 Å². The Morgan fingerprint density at radius 3 is 2.34 bits per heavy atom. The predicted molar refractivity (Wildman–Crippen MR) is 111 cm³/mol. The minimum absolute atomic E-state index is 0.116. The van der Waals surface area contributed by atoms with Gasteiger partial charge in [-0.1, -0.05) is 38.1 Å². The van der Waals surface area contributed by atoms with Gasteiger partial charge in [-0.05, 0) is 61.1 Å². The highest BCUT2D eigenvalue weighted by atomic mass is 16.5. The Morgan fingerprint density at radius 1 is 1.14 bits per heavy atom. The summed E-state index contributed by atoms with van der Waals surface area (Å²) in [6, 6.07) is 14.5. The molecule has 2 N–H and O–H groups in total. The van der Waals surface area contributed by atoms with Crippen LogP contribution in [0.15, 0.2) is 42.5 Å². The van der Waals surface area contributed by atoms with Crippen LogP contribution in [0.2, 0.25) is 0 Å². The number of carboxylic acids is 1. The summed E-state index contributed by atoms with van der Waals surface area (Å²) in [5.74, 6) is -1.54. The number of ether oxygens (including phenoxy) is 1. The minimum atomic E-state index is -1.15. The summed E-state index contributed by atoms with van der Waals surface area (Å²) in [4.78, 5) is 23.5. The molecule has 6 heteroatoms. The van der Waals surface area contributed by atoms with Gasteiger partial charge in [0.1, 0.15) is 11.7 Å². The number of carbonyl (C=O) groups is 2. The summed E-state index contributed by atoms with van der Waals surface area (Å²) >= 11 is 0. The predicted octanol–water partition coefficient (Wildman–Crippen LogP) is 4.29. The number of hydrogen-bond donors (Lipinski definition) is 2. The van der Waals surface area contributed by atoms with E-state index in [-0.39, 0.29) is 18.2 Å². The maximum Gasteiger partial charge on any atom is 0.321 e. The molecule has 2 unspecified atom stereocenters. The van der Waals surface area contributed by atoms with Crippen LogP contribution >= 0.6 is 0 Å². The Bertz CT molecular complexity index is 913. The summed E-state index contributed by atoms with van der Waals surface area (Å²) < 4.78 is 5.93. The van der Waals surface area contributed by atoms with Crippen molar-refractivity contribution in [3.63, 3.8) is 0 Å². The van der Waals surface area contributed by atoms with Gasteiger partial charge >= 0.3 is 5.97 Å². The van der Waals surface area contributed by atoms with E-state index in [1.807, 2.05) is 25.1 Å². The average molecular weight is 394 g/mol. The smallest absolute Gasteiger partial charge is 0.321 e. The van der Waals surface area contributed by atoms with E-state index in [0.29, 0.717) is 17.0 Å². The van der Waals surface area contributed by atoms with E-state index in [0.717, 1.165) is 11.1 Å². The van der Waals surface area contributed by atoms with Gasteiger partial charge in [-0.25, -0.2) is 0 Å². The van der Waals surface area contributed by atoms with Gasteiger partial charge in [0.25, 0.3) is 5.91 Å². The van der Waals surface area contributed by atoms with Crippen molar-refractivity contribution in [1.82, 2.24) is 0 Å². The van der Waals surface area contributed by atoms with Crippen LogP contribution in [0.4, 0.5) is 5.69 Å². The van der Waals surface area contributed by atoms with Gasteiger partial charge in [-0.2, -0.15) is 5.26 Å². The first-order valence-electron chi connectivity index (χ1n) is 9.50. The lowest BCUT2D eigenvalue weighted by Crippen LogP contribution is -2.30. The largest absolute Gasteiger partial charge is 0.481 e. The van der Waals surface area contributed by atoms with Gasteiger partial charge < -0.3 is 15.2 Å². The Balaban J connectivity index is 2.02. The number of carbonyl (C=O) groups excluding carboxylic acids is 1. The quantitative estimate of drug-likeness (QED) is 0.696. The van der Waals surface area contributed by atoms with Crippen molar-refractivity contribution in [3.05, 3.63) is 59.2 Å². The van der Waals surface area contributed by atoms with Crippen molar-refractivity contribution in [1.29, 1.82) is 5.26 Å². The molecule has 29 heavy (non-hydrogen) atoms. The number of nitrogens with one attached hydrogen (secondary N) is 1. The SMILES string of the molecule is Cc1ccc(C(C)C)c(OC(C)C(=O)Nc2ccc(CC(C#N)C(=O)O)cc2)c1. The fourth-order valence-electron chi connectivity index (χ4n) is 2.86. The molecular formula is C23H26N2O4. The molecule has 2 aromatic rings. The second kappa shape index (κ2) is 9.74. The summed E-state index contributed by atoms with van der Waals surface area (Å²) in [6.45, 7) is 7.82. The second-order valence-electron chi connectivity index (χ2n) is 7.37. The Hall–Kier alpha value is -3.33. The van der Waals surface area contributed by atoms with Gasteiger partial charge in [-0.15, -0.1) is 0 Å². The number of benzene rings is 2. The Kier molecular flexibility index (Phi) is 7.38. The van der Waals surface area contributed by atoms with Crippen LogP contribution in [-0.4, -0.2) is 23.1 Å². The second-order valence-corrected chi connectivity index (χ2v) is 7.37. The molecule has 1 amide bonds. The van der Waals surface area contributed by atoms with E-state index >= 15 is 0 Å². The first kappa shape index (κ1) is 22.0. The summed E-state index contributed by atoms with van der Waals surface area (Å²) in [5.41, 5.74) is 3.39. The van der Waals surface area contributed by atoms with Crippen molar-refractivity contribution in [2.24, 2.45) is 5.92 Å². The van der Waals surface area contributed by atoms with Gasteiger partial charge in [0.2, 0.25) is 0 Å². The average Bonchev–Trinajstić information content (AvgIpc) is 2.66. The number of carboxylic acid groups (broad SMARTS) is 1. The molecule has 0 aromatic heterocycles. The molecule has 2 rings (SSSR count). The molecule has 0 saturated carbocycles. The van der Waals surface area contributed by atoms with Crippen molar-refractivity contribution in [2.75, 3.05) is 5.32 Å². The van der Waals surface area contributed by atoms with Crippen LogP contribution < -0.4 is 10.1 Å². The third kappa shape index (κ3) is 6.08. The van der Waals surface area contributed by atoms with E-state index in [4.69, 9.17) is 15.1 Å². The summed E-state index contributed by atoms with van der Waals surface area (Å²) in [7, 11) is 0. The fourth-order valence-corrected chi connectivity index (χ4v) is 2.86. The molecule has 0 aliphatic rings. The number of nitrogens with zero attached hydrogens (tertiary/aromatic N) is 1. The topological polar surface area (TPSA) is 99.4 Å². The molecule has 0 aliphatic carbocycles. The highest BCUT2D eigenvalue weighted by Crippen LogP contribution is 2.28. The molecule has 0 bridgehead atoms. The van der Waals surface area contributed by atoms with Gasteiger partial charge in [-0.3, -0.25) is 9.59 Å². The number of rotatable bonds is 8. The third-order valence-electron chi connectivity index (χ3n) is 4.58. The first-order valence-corrected chi connectivity index (χ1v) is 9.50. The van der Waals surface area contributed by atoms with Gasteiger partial charge in [0.15, 0.2) is 6.10 Å². The fraction of sp³-hybridized carbons (Fsp3) is 0.348. The van der Waals surface area contributed by atoms with Gasteiger partial charge in [0.05, 0.1) is 6.07 Å². The first-order chi connectivity index (χ1) is 13.7. The van der Waals surface area contributed by atoms with Crippen molar-refractivity contribution >= 4 is 17.6 Å². The van der Waals surface area contributed by atoms with Crippen LogP contribution in [0.1, 0.15) is 43.4 Å². The lowest BCUT2D eigenvalue weighted by atomic mass is 10.0. The number of aryl methyl sites for hydroxylation is 1. The van der Waals surface area contributed by atoms with Crippen LogP contribution in [-0.2, 0) is 16.0 Å². The van der Waals surface area contributed by atoms with Crippen LogP contribution in [0.25, 0.3) is 0 Å². The maximum atomic E-state index is 12.5. The highest BCUT2D eigenvalue weighted by molar-refractivity contribution is 5.94. The summed E-state index contributed by atoms with van der Waals surface area (Å²) in [5, 5.41) is 20.6. The zero-order valence-corrected chi connectivity index (χ0v) is 17.1. The maximum absolute atomic E-state index is 12.5. The molecule has 0 fully saturated rings. The van der Waals surface area contributed by atoms with E-state index in [2.05, 4.69) is 19.2 Å². The van der Waals surface area contributed by atoms with Gasteiger partial charge in [0, 0.05) is 5.69 Å². The van der Waals surface area contributed by atoms with Crippen molar-refractivity contribution in [3.8, 4) is 11.8 Å². The molecule has 0 aliphatic heterocycles. The van der Waals surface area contributed by atoms with E-state index in [1.54, 1.807) is 37.3 Å². The molecule has 6 nitrogen and oxygen atoms in total. The molecule has 2 aromatic carbocycles. The molecule has 0 radical (unpaired) electrons. The highest BCUT2D eigenvalue weighted by Gasteiger charge is 2.19. The number of amides is 1. The summed E-state index contributed by atoms with van der Waals surface area (Å²) in [6.07, 6.45) is -0.575. The molecule has 2 atom stereocenters. The van der Waals surface area contributed by atoms with Crippen molar-refractivity contribution < 1.29 is 19.4 Å². The third-order valence-corrected chi connectivity index (χ3v) is 4.58. The van der Waals surface area contributed by atoms with E-state index < -0.39 is 18.0 Å². The monoisotopic (exact) mass is 394 g/mol. The van der Waals surface area contributed by atoms with Crippen LogP contribution in [0, 0.1) is 24.2 Å². The number of nitriles is 1. The lowest BCUT2D eigenvalue weighted by molar-refractivity contribution is -0.139. The van der Waals surface area contributed by atoms with Crippen LogP contribution in [0.3, 0.4) is 0 Å². The normalized spacial score (nSPS) is 12.7. The number of anilines is 1. The zero-order valence-electron chi connectivity index (χ0n) is 17.1. The Morgan fingerprint density at radius 2 is 1.79 bits per heavy atom. The lowest BCUT2D eigenvalue weighted by Gasteiger charge is -2.19. The number of aliphatic carboxylic acids is 1. The Labute approximate surface area is 171 Å². The molecule has 0 heterocycles. The molecule has 0 saturated heterocycles. The van der Waals surface area contributed by atoms with Crippen LogP contribution in [0.5, 0.6) is 5.75 Å². The molecular weight excluding hydrogens is 368 g/mol. The molecule has 0 spiro atoms. The zero-order chi connectivity index (χ0) is 21.6. The minimum Gasteiger partial charge on any atom is -0.481 e. The van der Waals surface area contributed by atoms with E-state index in [9.17, 15) is 9.59 Å². The molecule has 152 valence electrons. The number of hydrogen-bond acceptors (Lipinski definition) is 4. The van der Waals surface area contributed by atoms with E-state index in [1.165, 1.54) is 0 Å². The standard InChI is InChI=1S/C23H26N2O4/c1-14(2)20-10-5-15(3)11-21(20)29-16(4)22(26)25-19-8-6-17(7-9-19)12-18(13-24)23(27)28/h5-11,14,16,18H,12H2,1-4H3,(H,25,26)(H,27,28).